The van der Waals surface area contributed by atoms with E-state index >= 15 is 0 Å². The second-order valence-electron chi connectivity index (χ2n) is 8.84. The van der Waals surface area contributed by atoms with Crippen LogP contribution in [-0.4, -0.2) is 31.1 Å². The number of carbonyl (C=O) groups is 1. The lowest BCUT2D eigenvalue weighted by molar-refractivity contribution is -0.0328. The Bertz CT molecular complexity index is 1720. The molecule has 0 bridgehead atoms. The van der Waals surface area contributed by atoms with E-state index in [9.17, 15) is 26.4 Å². The highest BCUT2D eigenvalue weighted by Crippen LogP contribution is 2.39. The number of nitrogens with zero attached hydrogens (tertiary/aromatic N) is 1. The molecule has 1 aromatic heterocycles. The molecule has 0 aliphatic carbocycles. The SMILES string of the molecule is CS(=O)(=O)OCc1nc(-c2ccc(Br)cc2)c(-c2ccc(Cl)cc2Cl)cc1CNC(=O)c1ccc(SC(F)(F)F)cc1. The van der Waals surface area contributed by atoms with Crippen molar-refractivity contribution in [2.45, 2.75) is 23.6 Å². The van der Waals surface area contributed by atoms with Crippen LogP contribution in [0.2, 0.25) is 10.0 Å². The molecule has 4 rings (SSSR count). The quantitative estimate of drug-likeness (QED) is 0.138. The first-order valence-electron chi connectivity index (χ1n) is 11.9. The van der Waals surface area contributed by atoms with E-state index in [1.807, 2.05) is 24.3 Å². The Hall–Kier alpha value is -2.61. The van der Waals surface area contributed by atoms with Gasteiger partial charge in [0.15, 0.2) is 0 Å². The summed E-state index contributed by atoms with van der Waals surface area (Å²) < 4.78 is 67.5. The molecule has 4 aromatic rings. The lowest BCUT2D eigenvalue weighted by Crippen LogP contribution is -2.24. The van der Waals surface area contributed by atoms with Gasteiger partial charge in [0.05, 0.1) is 17.6 Å². The number of thioether (sulfide) groups is 1. The zero-order valence-corrected chi connectivity index (χ0v) is 26.2. The molecule has 0 aliphatic heterocycles. The number of amides is 1. The Kier molecular flexibility index (Phi) is 10.3. The summed E-state index contributed by atoms with van der Waals surface area (Å²) in [4.78, 5) is 17.6. The van der Waals surface area contributed by atoms with Crippen LogP contribution in [0.15, 0.2) is 82.2 Å². The predicted octanol–water partition coefficient (Wildman–Crippen LogP) is 8.50. The van der Waals surface area contributed by atoms with Crippen LogP contribution < -0.4 is 5.32 Å². The highest BCUT2D eigenvalue weighted by atomic mass is 79.9. The van der Waals surface area contributed by atoms with E-state index in [-0.39, 0.29) is 34.5 Å². The van der Waals surface area contributed by atoms with Gasteiger partial charge in [-0.15, -0.1) is 0 Å². The Morgan fingerprint density at radius 1 is 1.00 bits per heavy atom. The van der Waals surface area contributed by atoms with E-state index in [1.165, 1.54) is 24.3 Å². The molecule has 42 heavy (non-hydrogen) atoms. The Labute approximate surface area is 262 Å². The predicted molar refractivity (Wildman–Crippen MR) is 162 cm³/mol. The van der Waals surface area contributed by atoms with Crippen molar-refractivity contribution < 1.29 is 30.6 Å². The van der Waals surface area contributed by atoms with E-state index < -0.39 is 28.1 Å². The summed E-state index contributed by atoms with van der Waals surface area (Å²) >= 11 is 15.8. The fraction of sp³-hybridized carbons (Fsp3) is 0.143. The Morgan fingerprint density at radius 2 is 1.67 bits per heavy atom. The molecule has 0 spiro atoms. The van der Waals surface area contributed by atoms with Gasteiger partial charge in [-0.25, -0.2) is 4.98 Å². The van der Waals surface area contributed by atoms with E-state index in [1.54, 1.807) is 24.3 Å². The first-order chi connectivity index (χ1) is 19.7. The number of halogens is 6. The van der Waals surface area contributed by atoms with Crippen molar-refractivity contribution in [3.05, 3.63) is 104 Å². The van der Waals surface area contributed by atoms with Gasteiger partial charge in [-0.3, -0.25) is 8.98 Å². The van der Waals surface area contributed by atoms with Crippen LogP contribution in [0.1, 0.15) is 21.6 Å². The summed E-state index contributed by atoms with van der Waals surface area (Å²) in [5.74, 6) is -0.559. The second kappa shape index (κ2) is 13.4. The van der Waals surface area contributed by atoms with Crippen LogP contribution in [0.4, 0.5) is 13.2 Å². The lowest BCUT2D eigenvalue weighted by atomic mass is 9.96. The van der Waals surface area contributed by atoms with Gasteiger partial charge in [-0.05, 0) is 71.9 Å². The summed E-state index contributed by atoms with van der Waals surface area (Å²) in [6, 6.07) is 18.9. The van der Waals surface area contributed by atoms with Crippen LogP contribution >= 0.6 is 50.9 Å². The average molecular weight is 720 g/mol. The Morgan fingerprint density at radius 3 is 2.26 bits per heavy atom. The number of rotatable bonds is 9. The summed E-state index contributed by atoms with van der Waals surface area (Å²) in [5, 5.41) is 3.48. The van der Waals surface area contributed by atoms with Crippen molar-refractivity contribution in [1.29, 1.82) is 0 Å². The molecule has 1 amide bonds. The highest BCUT2D eigenvalue weighted by molar-refractivity contribution is 9.10. The summed E-state index contributed by atoms with van der Waals surface area (Å²) in [5.41, 5.74) is -1.29. The molecule has 0 aliphatic rings. The third-order valence-corrected chi connectivity index (χ3v) is 8.09. The molecule has 0 unspecified atom stereocenters. The molecule has 0 radical (unpaired) electrons. The first kappa shape index (κ1) is 32.3. The normalized spacial score (nSPS) is 11.9. The third-order valence-electron chi connectivity index (χ3n) is 5.73. The van der Waals surface area contributed by atoms with Crippen LogP contribution in [0.3, 0.4) is 0 Å². The minimum Gasteiger partial charge on any atom is -0.348 e. The number of nitrogens with one attached hydrogen (secondary N) is 1. The minimum absolute atomic E-state index is 0.0588. The topological polar surface area (TPSA) is 85.4 Å². The summed E-state index contributed by atoms with van der Waals surface area (Å²) in [6.07, 6.45) is 0.909. The molecule has 0 fully saturated rings. The van der Waals surface area contributed by atoms with Gasteiger partial charge in [-0.2, -0.15) is 21.6 Å². The number of carbonyl (C=O) groups excluding carboxylic acids is 1. The van der Waals surface area contributed by atoms with Crippen molar-refractivity contribution in [3.63, 3.8) is 0 Å². The van der Waals surface area contributed by atoms with Gasteiger partial charge in [0.2, 0.25) is 0 Å². The monoisotopic (exact) mass is 718 g/mol. The lowest BCUT2D eigenvalue weighted by Gasteiger charge is -2.18. The number of hydrogen-bond acceptors (Lipinski definition) is 6. The van der Waals surface area contributed by atoms with Crippen molar-refractivity contribution in [1.82, 2.24) is 10.3 Å². The molecule has 0 atom stereocenters. The van der Waals surface area contributed by atoms with Gasteiger partial charge in [0.1, 0.15) is 6.61 Å². The Balaban J connectivity index is 1.74. The van der Waals surface area contributed by atoms with Crippen LogP contribution in [0.5, 0.6) is 0 Å². The van der Waals surface area contributed by atoms with Gasteiger partial charge in [-0.1, -0.05) is 57.3 Å². The highest BCUT2D eigenvalue weighted by Gasteiger charge is 2.29. The fourth-order valence-electron chi connectivity index (χ4n) is 3.86. The minimum atomic E-state index is -4.45. The van der Waals surface area contributed by atoms with E-state index in [2.05, 4.69) is 21.2 Å². The van der Waals surface area contributed by atoms with Crippen molar-refractivity contribution in [2.24, 2.45) is 0 Å². The molecule has 0 saturated heterocycles. The van der Waals surface area contributed by atoms with E-state index in [0.29, 0.717) is 38.0 Å². The molecular weight excluding hydrogens is 700 g/mol. The molecule has 1 N–H and O–H groups in total. The van der Waals surface area contributed by atoms with E-state index in [4.69, 9.17) is 32.4 Å². The smallest absolute Gasteiger partial charge is 0.348 e. The number of aromatic nitrogens is 1. The fourth-order valence-corrected chi connectivity index (χ4v) is 5.50. The molecule has 0 saturated carbocycles. The van der Waals surface area contributed by atoms with Crippen molar-refractivity contribution in [2.75, 3.05) is 6.26 Å². The summed E-state index contributed by atoms with van der Waals surface area (Å²) in [6.45, 7) is -0.516. The standard InChI is InChI=1S/C28H20BrCl2F3N2O4S2/c1-42(38,39)40-15-25-18(14-35-27(37)17-4-9-21(10-5-17)41-28(32,33)34)12-23(22-11-8-20(30)13-24(22)31)26(36-25)16-2-6-19(29)7-3-16/h2-13H,14-15H2,1H3,(H,35,37). The van der Waals surface area contributed by atoms with Crippen LogP contribution in [-0.2, 0) is 27.5 Å². The van der Waals surface area contributed by atoms with Crippen molar-refractivity contribution >= 4 is 66.9 Å². The van der Waals surface area contributed by atoms with Crippen LogP contribution in [0, 0.1) is 0 Å². The largest absolute Gasteiger partial charge is 0.446 e. The zero-order chi connectivity index (χ0) is 30.7. The first-order valence-corrected chi connectivity index (χ1v) is 16.1. The van der Waals surface area contributed by atoms with Gasteiger partial charge >= 0.3 is 5.51 Å². The van der Waals surface area contributed by atoms with Gasteiger partial charge < -0.3 is 5.32 Å². The van der Waals surface area contributed by atoms with Crippen molar-refractivity contribution in [3.8, 4) is 22.4 Å². The molecule has 1 heterocycles. The molecule has 6 nitrogen and oxygen atoms in total. The number of pyridine rings is 1. The second-order valence-corrected chi connectivity index (χ2v) is 13.4. The van der Waals surface area contributed by atoms with Gasteiger partial charge in [0.25, 0.3) is 16.0 Å². The average Bonchev–Trinajstić information content (AvgIpc) is 2.90. The molecular formula is C28H20BrCl2F3N2O4S2. The van der Waals surface area contributed by atoms with E-state index in [0.717, 1.165) is 10.7 Å². The number of alkyl halides is 3. The maximum absolute atomic E-state index is 12.9. The maximum Gasteiger partial charge on any atom is 0.446 e. The molecule has 220 valence electrons. The zero-order valence-electron chi connectivity index (χ0n) is 21.5. The number of hydrogen-bond donors (Lipinski definition) is 1. The summed E-state index contributed by atoms with van der Waals surface area (Å²) in [7, 11) is -3.84. The molecule has 3 aromatic carbocycles. The maximum atomic E-state index is 12.9. The number of benzene rings is 3. The molecule has 14 heteroatoms. The van der Waals surface area contributed by atoms with Gasteiger partial charge in [0, 0.05) is 48.2 Å². The third kappa shape index (κ3) is 8.95. The van der Waals surface area contributed by atoms with Crippen LogP contribution in [0.25, 0.3) is 22.4 Å².